The second kappa shape index (κ2) is 6.89. The number of aryl methyl sites for hydroxylation is 2. The van der Waals surface area contributed by atoms with Gasteiger partial charge in [-0.05, 0) is 37.6 Å². The van der Waals surface area contributed by atoms with Crippen molar-refractivity contribution < 1.29 is 13.5 Å². The zero-order valence-corrected chi connectivity index (χ0v) is 13.9. The Morgan fingerprint density at radius 1 is 1.00 bits per heavy atom. The van der Waals surface area contributed by atoms with Crippen LogP contribution in [0.5, 0.6) is 5.75 Å². The molecule has 25 heavy (non-hydrogen) atoms. The lowest BCUT2D eigenvalue weighted by atomic mass is 10.2. The van der Waals surface area contributed by atoms with Crippen LogP contribution in [0.1, 0.15) is 16.8 Å². The fourth-order valence-electron chi connectivity index (χ4n) is 2.68. The lowest BCUT2D eigenvalue weighted by Crippen LogP contribution is -2.20. The third kappa shape index (κ3) is 3.60. The second-order valence-corrected chi connectivity index (χ2v) is 5.82. The van der Waals surface area contributed by atoms with Gasteiger partial charge in [0.05, 0.1) is 5.69 Å². The zero-order valence-electron chi connectivity index (χ0n) is 13.9. The van der Waals surface area contributed by atoms with Gasteiger partial charge in [0.2, 0.25) is 0 Å². The highest BCUT2D eigenvalue weighted by atomic mass is 19.1. The number of para-hydroxylation sites is 1. The molecule has 0 atom stereocenters. The van der Waals surface area contributed by atoms with E-state index in [0.29, 0.717) is 11.4 Å². The minimum Gasteiger partial charge on any atom is -0.489 e. The zero-order chi connectivity index (χ0) is 18.0. The summed E-state index contributed by atoms with van der Waals surface area (Å²) in [5, 5.41) is 0. The molecule has 0 saturated carbocycles. The molecule has 0 unspecified atom stereocenters. The number of halogens is 2. The van der Waals surface area contributed by atoms with Crippen molar-refractivity contribution >= 4 is 0 Å². The van der Waals surface area contributed by atoms with Gasteiger partial charge in [-0.2, -0.15) is 0 Å². The Labute approximate surface area is 144 Å². The predicted octanol–water partition coefficient (Wildman–Crippen LogP) is 4.31. The van der Waals surface area contributed by atoms with Gasteiger partial charge >= 0.3 is 0 Å². The van der Waals surface area contributed by atoms with Gasteiger partial charge in [0.1, 0.15) is 24.0 Å². The molecule has 0 N–H and O–H groups in total. The molecule has 2 aromatic carbocycles. The minimum atomic E-state index is -0.676. The molecule has 3 aromatic rings. The van der Waals surface area contributed by atoms with Crippen LogP contribution in [0, 0.1) is 25.5 Å². The van der Waals surface area contributed by atoms with Crippen LogP contribution in [0.25, 0.3) is 5.69 Å². The van der Waals surface area contributed by atoms with E-state index in [1.54, 1.807) is 17.6 Å². The van der Waals surface area contributed by atoms with E-state index < -0.39 is 11.6 Å². The van der Waals surface area contributed by atoms with Gasteiger partial charge in [0.15, 0.2) is 0 Å². The maximum absolute atomic E-state index is 13.7. The number of pyridine rings is 1. The Morgan fingerprint density at radius 3 is 2.44 bits per heavy atom. The maximum Gasteiger partial charge on any atom is 0.259 e. The molecule has 5 heteroatoms. The summed E-state index contributed by atoms with van der Waals surface area (Å²) in [7, 11) is 0. The fraction of sp³-hybridized carbons (Fsp3) is 0.150. The van der Waals surface area contributed by atoms with Crippen molar-refractivity contribution in [3.05, 3.63) is 93.4 Å². The molecule has 128 valence electrons. The standard InChI is InChI=1S/C20H17F2NO2/c1-13-5-3-4-6-19(13)23-14(2)9-17(11-20(23)24)25-12-15-7-8-16(21)10-18(15)22/h3-11H,12H2,1-2H3. The predicted molar refractivity (Wildman–Crippen MR) is 92.2 cm³/mol. The Hall–Kier alpha value is -2.95. The Balaban J connectivity index is 1.88. The van der Waals surface area contributed by atoms with Crippen LogP contribution >= 0.6 is 0 Å². The van der Waals surface area contributed by atoms with Gasteiger partial charge < -0.3 is 4.74 Å². The quantitative estimate of drug-likeness (QED) is 0.708. The molecule has 0 spiro atoms. The average Bonchev–Trinajstić information content (AvgIpc) is 2.55. The molecule has 3 nitrogen and oxygen atoms in total. The summed E-state index contributed by atoms with van der Waals surface area (Å²) < 4.78 is 33.7. The van der Waals surface area contributed by atoms with Gasteiger partial charge in [-0.1, -0.05) is 18.2 Å². The highest BCUT2D eigenvalue weighted by molar-refractivity contribution is 5.43. The first-order chi connectivity index (χ1) is 12.0. The van der Waals surface area contributed by atoms with Gasteiger partial charge in [0.25, 0.3) is 5.56 Å². The van der Waals surface area contributed by atoms with Crippen LogP contribution in [-0.4, -0.2) is 4.57 Å². The van der Waals surface area contributed by atoms with Crippen molar-refractivity contribution in [2.24, 2.45) is 0 Å². The first-order valence-corrected chi connectivity index (χ1v) is 7.82. The van der Waals surface area contributed by atoms with Crippen LogP contribution < -0.4 is 10.3 Å². The molecule has 0 aliphatic heterocycles. The monoisotopic (exact) mass is 341 g/mol. The van der Waals surface area contributed by atoms with Gasteiger partial charge in [0, 0.05) is 29.5 Å². The second-order valence-electron chi connectivity index (χ2n) is 5.82. The van der Waals surface area contributed by atoms with Gasteiger partial charge in [-0.15, -0.1) is 0 Å². The molecule has 1 aromatic heterocycles. The maximum atomic E-state index is 13.7. The Bertz CT molecular complexity index is 980. The molecule has 0 radical (unpaired) electrons. The largest absolute Gasteiger partial charge is 0.489 e. The summed E-state index contributed by atoms with van der Waals surface area (Å²) in [6, 6.07) is 14.0. The van der Waals surface area contributed by atoms with Crippen molar-refractivity contribution in [3.63, 3.8) is 0 Å². The van der Waals surface area contributed by atoms with Gasteiger partial charge in [-0.25, -0.2) is 8.78 Å². The Kier molecular flexibility index (Phi) is 4.65. The SMILES string of the molecule is Cc1ccccc1-n1c(C)cc(OCc2ccc(F)cc2F)cc1=O. The number of aromatic nitrogens is 1. The van der Waals surface area contributed by atoms with Crippen LogP contribution in [0.2, 0.25) is 0 Å². The third-order valence-electron chi connectivity index (χ3n) is 3.96. The van der Waals surface area contributed by atoms with Crippen molar-refractivity contribution in [2.45, 2.75) is 20.5 Å². The summed E-state index contributed by atoms with van der Waals surface area (Å²) in [4.78, 5) is 12.5. The van der Waals surface area contributed by atoms with Crippen molar-refractivity contribution in [2.75, 3.05) is 0 Å². The first kappa shape index (κ1) is 16.9. The molecule has 0 aliphatic rings. The van der Waals surface area contributed by atoms with Crippen molar-refractivity contribution in [3.8, 4) is 11.4 Å². The van der Waals surface area contributed by atoms with E-state index in [2.05, 4.69) is 0 Å². The smallest absolute Gasteiger partial charge is 0.259 e. The third-order valence-corrected chi connectivity index (χ3v) is 3.96. The molecule has 0 bridgehead atoms. The van der Waals surface area contributed by atoms with Crippen molar-refractivity contribution in [1.29, 1.82) is 0 Å². The molecule has 3 rings (SSSR count). The molecule has 1 heterocycles. The van der Waals surface area contributed by atoms with E-state index in [1.807, 2.05) is 31.2 Å². The summed E-state index contributed by atoms with van der Waals surface area (Å²) in [6.45, 7) is 3.65. The van der Waals surface area contributed by atoms with Crippen LogP contribution in [0.3, 0.4) is 0 Å². The minimum absolute atomic E-state index is 0.0840. The highest BCUT2D eigenvalue weighted by Crippen LogP contribution is 2.19. The van der Waals surface area contributed by atoms with Gasteiger partial charge in [-0.3, -0.25) is 9.36 Å². The summed E-state index contributed by atoms with van der Waals surface area (Å²) in [6.07, 6.45) is 0. The van der Waals surface area contributed by atoms with Crippen LogP contribution in [0.15, 0.2) is 59.4 Å². The number of hydrogen-bond acceptors (Lipinski definition) is 2. The van der Waals surface area contributed by atoms with Crippen LogP contribution in [0.4, 0.5) is 8.78 Å². The lowest BCUT2D eigenvalue weighted by molar-refractivity contribution is 0.298. The molecular formula is C20H17F2NO2. The first-order valence-electron chi connectivity index (χ1n) is 7.82. The van der Waals surface area contributed by atoms with E-state index in [4.69, 9.17) is 4.74 Å². The number of rotatable bonds is 4. The topological polar surface area (TPSA) is 31.2 Å². The number of hydrogen-bond donors (Lipinski definition) is 0. The van der Waals surface area contributed by atoms with E-state index in [9.17, 15) is 13.6 Å². The molecule has 0 aliphatic carbocycles. The van der Waals surface area contributed by atoms with Crippen molar-refractivity contribution in [1.82, 2.24) is 4.57 Å². The van der Waals surface area contributed by atoms with E-state index in [0.717, 1.165) is 17.3 Å². The van der Waals surface area contributed by atoms with Crippen LogP contribution in [-0.2, 0) is 6.61 Å². The van der Waals surface area contributed by atoms with E-state index >= 15 is 0 Å². The summed E-state index contributed by atoms with van der Waals surface area (Å²) in [5.74, 6) is -0.973. The highest BCUT2D eigenvalue weighted by Gasteiger charge is 2.10. The molecular weight excluding hydrogens is 324 g/mol. The number of benzene rings is 2. The fourth-order valence-corrected chi connectivity index (χ4v) is 2.68. The Morgan fingerprint density at radius 2 is 1.76 bits per heavy atom. The summed E-state index contributed by atoms with van der Waals surface area (Å²) >= 11 is 0. The lowest BCUT2D eigenvalue weighted by Gasteiger charge is -2.14. The molecule has 0 fully saturated rings. The number of nitrogens with zero attached hydrogens (tertiary/aromatic N) is 1. The molecule has 0 saturated heterocycles. The average molecular weight is 341 g/mol. The van der Waals surface area contributed by atoms with E-state index in [-0.39, 0.29) is 17.7 Å². The number of ether oxygens (including phenoxy) is 1. The molecule has 0 amide bonds. The van der Waals surface area contributed by atoms with E-state index in [1.165, 1.54) is 18.2 Å². The normalized spacial score (nSPS) is 10.7. The summed E-state index contributed by atoms with van der Waals surface area (Å²) in [5.41, 5.74) is 2.48.